The fourth-order valence-corrected chi connectivity index (χ4v) is 8.40. The second kappa shape index (κ2) is 11.7. The molecule has 197 valence electrons. The number of carbonyl (C=O) groups is 3. The maximum absolute atomic E-state index is 13.7. The van der Waals surface area contributed by atoms with Crippen LogP contribution in [-0.2, 0) is 23.9 Å². The van der Waals surface area contributed by atoms with Crippen LogP contribution in [0.15, 0.2) is 0 Å². The van der Waals surface area contributed by atoms with Crippen molar-refractivity contribution in [2.75, 3.05) is 6.54 Å². The van der Waals surface area contributed by atoms with E-state index in [1.165, 1.54) is 0 Å². The van der Waals surface area contributed by atoms with E-state index in [1.807, 2.05) is 32.6 Å². The second-order valence-electron chi connectivity index (χ2n) is 13.5. The van der Waals surface area contributed by atoms with E-state index in [2.05, 4.69) is 46.4 Å². The smallest absolute Gasteiger partial charge is 0.312 e. The van der Waals surface area contributed by atoms with Gasteiger partial charge in [0, 0.05) is 35.2 Å². The quantitative estimate of drug-likeness (QED) is 0.219. The van der Waals surface area contributed by atoms with E-state index in [0.29, 0.717) is 32.2 Å². The van der Waals surface area contributed by atoms with Crippen LogP contribution in [0.5, 0.6) is 0 Å². The number of esters is 2. The van der Waals surface area contributed by atoms with E-state index in [-0.39, 0.29) is 24.0 Å². The molecule has 1 radical (unpaired) electrons. The number of carbonyl (C=O) groups excluding carboxylic acids is 3. The second-order valence-corrected chi connectivity index (χ2v) is 24.6. The number of likely N-dealkylation sites (tertiary alicyclic amines) is 1. The zero-order valence-corrected chi connectivity index (χ0v) is 25.5. The molecule has 1 aliphatic rings. The first-order chi connectivity index (χ1) is 15.3. The van der Waals surface area contributed by atoms with E-state index < -0.39 is 32.9 Å². The number of amides is 1. The fourth-order valence-electron chi connectivity index (χ4n) is 4.92. The predicted octanol–water partition coefficient (Wildman–Crippen LogP) is 6.12. The summed E-state index contributed by atoms with van der Waals surface area (Å²) in [6.07, 6.45) is 2.76. The first-order valence-corrected chi connectivity index (χ1v) is 20.2. The molecule has 0 aromatic heterocycles. The molecule has 1 amide bonds. The standard InChI is InChI=1S/C26H50NO5Si2/c1-12-26(4,24(30)32-21(18-33(6,7)8)19-34(9,10)11)17-20(27-15-13-14-22(27)28)16-25(2,3)23(29)31-5/h20-21H,5,12-19H2,1-4,6-11H3. The van der Waals surface area contributed by atoms with Crippen LogP contribution in [0.4, 0.5) is 0 Å². The van der Waals surface area contributed by atoms with Gasteiger partial charge in [-0.05, 0) is 58.5 Å². The zero-order chi connectivity index (χ0) is 26.5. The van der Waals surface area contributed by atoms with E-state index in [0.717, 1.165) is 18.5 Å². The van der Waals surface area contributed by atoms with Gasteiger partial charge in [-0.2, -0.15) is 0 Å². The minimum atomic E-state index is -1.43. The maximum Gasteiger partial charge on any atom is 0.312 e. The highest BCUT2D eigenvalue weighted by Crippen LogP contribution is 2.38. The van der Waals surface area contributed by atoms with Crippen molar-refractivity contribution in [3.8, 4) is 0 Å². The van der Waals surface area contributed by atoms with Crippen molar-refractivity contribution in [2.45, 2.75) is 123 Å². The molecule has 0 aliphatic carbocycles. The van der Waals surface area contributed by atoms with Crippen molar-refractivity contribution in [3.05, 3.63) is 7.11 Å². The van der Waals surface area contributed by atoms with Gasteiger partial charge in [0.25, 0.3) is 0 Å². The lowest BCUT2D eigenvalue weighted by molar-refractivity contribution is -0.161. The summed E-state index contributed by atoms with van der Waals surface area (Å²) in [5, 5.41) is 0. The molecule has 6 nitrogen and oxygen atoms in total. The summed E-state index contributed by atoms with van der Waals surface area (Å²) < 4.78 is 11.1. The monoisotopic (exact) mass is 512 g/mol. The summed E-state index contributed by atoms with van der Waals surface area (Å²) in [5.41, 5.74) is -1.55. The number of nitrogens with zero attached hydrogens (tertiary/aromatic N) is 1. The summed E-state index contributed by atoms with van der Waals surface area (Å²) in [5.74, 6) is -0.494. The van der Waals surface area contributed by atoms with Gasteiger partial charge in [-0.1, -0.05) is 46.2 Å². The van der Waals surface area contributed by atoms with Crippen molar-refractivity contribution >= 4 is 34.0 Å². The first-order valence-electron chi connectivity index (χ1n) is 12.8. The lowest BCUT2D eigenvalue weighted by Crippen LogP contribution is -2.46. The molecule has 34 heavy (non-hydrogen) atoms. The summed E-state index contributed by atoms with van der Waals surface area (Å²) in [4.78, 5) is 40.6. The highest BCUT2D eigenvalue weighted by atomic mass is 28.3. The van der Waals surface area contributed by atoms with Gasteiger partial charge in [-0.25, -0.2) is 0 Å². The van der Waals surface area contributed by atoms with Gasteiger partial charge in [-0.15, -0.1) is 0 Å². The van der Waals surface area contributed by atoms with Crippen LogP contribution < -0.4 is 0 Å². The Labute approximate surface area is 210 Å². The van der Waals surface area contributed by atoms with E-state index in [1.54, 1.807) is 0 Å². The molecular weight excluding hydrogens is 462 g/mol. The van der Waals surface area contributed by atoms with Crippen LogP contribution in [0.2, 0.25) is 51.4 Å². The summed E-state index contributed by atoms with van der Waals surface area (Å²) in [6.45, 7) is 22.1. The summed E-state index contributed by atoms with van der Waals surface area (Å²) in [7, 11) is 0.419. The van der Waals surface area contributed by atoms with Crippen LogP contribution >= 0.6 is 0 Å². The molecule has 8 heteroatoms. The van der Waals surface area contributed by atoms with E-state index >= 15 is 0 Å². The largest absolute Gasteiger partial charge is 0.463 e. The number of hydrogen-bond acceptors (Lipinski definition) is 5. The van der Waals surface area contributed by atoms with Crippen LogP contribution in [0.1, 0.15) is 59.8 Å². The minimum absolute atomic E-state index is 0.0545. The van der Waals surface area contributed by atoms with Crippen LogP contribution in [0, 0.1) is 17.9 Å². The lowest BCUT2D eigenvalue weighted by atomic mass is 9.75. The number of hydrogen-bond donors (Lipinski definition) is 0. The molecule has 1 saturated heterocycles. The molecule has 0 aromatic rings. The van der Waals surface area contributed by atoms with Crippen LogP contribution in [0.3, 0.4) is 0 Å². The Morgan fingerprint density at radius 1 is 1.00 bits per heavy atom. The van der Waals surface area contributed by atoms with Gasteiger partial charge in [0.05, 0.1) is 16.9 Å². The van der Waals surface area contributed by atoms with Gasteiger partial charge in [0.1, 0.15) is 7.11 Å². The van der Waals surface area contributed by atoms with Crippen molar-refractivity contribution < 1.29 is 23.9 Å². The number of rotatable bonds is 13. The molecule has 0 N–H and O–H groups in total. The first kappa shape index (κ1) is 30.9. The normalized spacial score (nSPS) is 18.1. The van der Waals surface area contributed by atoms with Crippen LogP contribution in [-0.4, -0.2) is 57.6 Å². The van der Waals surface area contributed by atoms with Crippen molar-refractivity contribution in [2.24, 2.45) is 10.8 Å². The minimum Gasteiger partial charge on any atom is -0.463 e. The van der Waals surface area contributed by atoms with Crippen molar-refractivity contribution in [3.63, 3.8) is 0 Å². The molecule has 2 unspecified atom stereocenters. The van der Waals surface area contributed by atoms with Gasteiger partial charge >= 0.3 is 11.9 Å². The molecule has 0 bridgehead atoms. The van der Waals surface area contributed by atoms with Gasteiger partial charge in [0.2, 0.25) is 5.91 Å². The Morgan fingerprint density at radius 3 is 1.91 bits per heavy atom. The Balaban J connectivity index is 3.19. The Hall–Kier alpha value is -1.16. The highest BCUT2D eigenvalue weighted by molar-refractivity contribution is 6.78. The Kier molecular flexibility index (Phi) is 10.6. The number of ether oxygens (including phenoxy) is 2. The average Bonchev–Trinajstić information content (AvgIpc) is 3.09. The van der Waals surface area contributed by atoms with Crippen LogP contribution in [0.25, 0.3) is 0 Å². The lowest BCUT2D eigenvalue weighted by Gasteiger charge is -2.39. The summed E-state index contributed by atoms with van der Waals surface area (Å²) >= 11 is 0. The Bertz CT molecular complexity index is 710. The maximum atomic E-state index is 13.7. The average molecular weight is 513 g/mol. The third-order valence-corrected chi connectivity index (χ3v) is 10.3. The molecule has 0 spiro atoms. The Morgan fingerprint density at radius 2 is 1.53 bits per heavy atom. The molecule has 0 saturated carbocycles. The van der Waals surface area contributed by atoms with Gasteiger partial charge < -0.3 is 14.4 Å². The molecule has 1 fully saturated rings. The third kappa shape index (κ3) is 9.48. The molecule has 1 aliphatic heterocycles. The predicted molar refractivity (Wildman–Crippen MR) is 144 cm³/mol. The topological polar surface area (TPSA) is 72.9 Å². The SMILES string of the molecule is [CH2]OC(=O)C(C)(C)CC(CC(C)(CC)C(=O)OC(C[Si](C)(C)C)C[Si](C)(C)C)N1CCCC1=O. The van der Waals surface area contributed by atoms with E-state index in [4.69, 9.17) is 9.47 Å². The molecule has 1 rings (SSSR count). The van der Waals surface area contributed by atoms with E-state index in [9.17, 15) is 14.4 Å². The van der Waals surface area contributed by atoms with Crippen molar-refractivity contribution in [1.82, 2.24) is 4.90 Å². The molecular formula is C26H50NO5Si2. The van der Waals surface area contributed by atoms with Crippen molar-refractivity contribution in [1.29, 1.82) is 0 Å². The zero-order valence-electron chi connectivity index (χ0n) is 23.5. The van der Waals surface area contributed by atoms with Gasteiger partial charge in [0.15, 0.2) is 0 Å². The highest BCUT2D eigenvalue weighted by Gasteiger charge is 2.44. The van der Waals surface area contributed by atoms with Gasteiger partial charge in [-0.3, -0.25) is 14.4 Å². The fraction of sp³-hybridized carbons (Fsp3) is 0.846. The molecule has 0 aromatic carbocycles. The molecule has 2 atom stereocenters. The third-order valence-electron chi connectivity index (χ3n) is 6.89. The summed E-state index contributed by atoms with van der Waals surface area (Å²) in [6, 6.07) is 1.67. The molecule has 1 heterocycles.